The minimum atomic E-state index is -5.08. The number of halogens is 7. The van der Waals surface area contributed by atoms with E-state index in [9.17, 15) is 45.1 Å². The maximum absolute atomic E-state index is 13.5. The van der Waals surface area contributed by atoms with Gasteiger partial charge in [-0.2, -0.15) is 31.4 Å². The number of aliphatic carboxylic acids is 2. The molecule has 0 spiro atoms. The van der Waals surface area contributed by atoms with Crippen molar-refractivity contribution in [1.82, 2.24) is 24.3 Å². The van der Waals surface area contributed by atoms with Crippen LogP contribution in [0.2, 0.25) is 0 Å². The molecule has 3 aromatic heterocycles. The van der Waals surface area contributed by atoms with Crippen LogP contribution in [0.25, 0.3) is 16.6 Å². The molecule has 3 N–H and O–H groups in total. The summed E-state index contributed by atoms with van der Waals surface area (Å²) in [6, 6.07) is 12.5. The summed E-state index contributed by atoms with van der Waals surface area (Å²) >= 11 is 0. The van der Waals surface area contributed by atoms with Crippen LogP contribution in [0.5, 0.6) is 23.0 Å². The first-order chi connectivity index (χ1) is 26.1. The van der Waals surface area contributed by atoms with E-state index in [0.717, 1.165) is 21.4 Å². The molecule has 5 aromatic rings. The third-order valence-corrected chi connectivity index (χ3v) is 6.69. The molecule has 1 amide bonds. The molecule has 0 unspecified atom stereocenters. The molecule has 298 valence electrons. The lowest BCUT2D eigenvalue weighted by atomic mass is 10.2. The van der Waals surface area contributed by atoms with E-state index in [0.29, 0.717) is 33.9 Å². The maximum atomic E-state index is 13.5. The monoisotopic (exact) mass is 800 g/mol. The van der Waals surface area contributed by atoms with Crippen LogP contribution < -0.4 is 30.8 Å². The highest BCUT2D eigenvalue weighted by atomic mass is 19.4. The molecule has 0 atom stereocenters. The topological polar surface area (TPSA) is 214 Å². The quantitative estimate of drug-likeness (QED) is 0.168. The molecule has 0 radical (unpaired) electrons. The number of rotatable bonds is 8. The normalized spacial score (nSPS) is 11.1. The van der Waals surface area contributed by atoms with Crippen molar-refractivity contribution in [3.05, 3.63) is 99.3 Å². The molecule has 0 saturated carbocycles. The lowest BCUT2D eigenvalue weighted by Crippen LogP contribution is -2.45. The molecule has 0 aliphatic carbocycles. The number of ether oxygens (including phenoxy) is 3. The Kier molecular flexibility index (Phi) is 13.8. The molecule has 0 bridgehead atoms. The summed E-state index contributed by atoms with van der Waals surface area (Å²) in [7, 11) is 3.07. The number of hydrogen-bond acceptors (Lipinski definition) is 11. The lowest BCUT2D eigenvalue weighted by molar-refractivity contribution is -0.193. The Labute approximate surface area is 308 Å². The predicted octanol–water partition coefficient (Wildman–Crippen LogP) is 5.39. The molecule has 2 aromatic carbocycles. The van der Waals surface area contributed by atoms with Gasteiger partial charge in [0.1, 0.15) is 23.1 Å². The molecular weight excluding hydrogens is 773 g/mol. The average molecular weight is 801 g/mol. The average Bonchev–Trinajstić information content (AvgIpc) is 3.12. The summed E-state index contributed by atoms with van der Waals surface area (Å²) in [5.41, 5.74) is -1.54. The molecule has 0 aliphatic heterocycles. The van der Waals surface area contributed by atoms with Gasteiger partial charge in [-0.3, -0.25) is 14.6 Å². The van der Waals surface area contributed by atoms with Crippen LogP contribution in [0.4, 0.5) is 36.6 Å². The molecule has 16 nitrogen and oxygen atoms in total. The summed E-state index contributed by atoms with van der Waals surface area (Å²) in [4.78, 5) is 65.7. The number of carboxylic acids is 2. The van der Waals surface area contributed by atoms with Gasteiger partial charge in [0, 0.05) is 17.6 Å². The summed E-state index contributed by atoms with van der Waals surface area (Å²) in [5.74, 6) is -4.95. The Morgan fingerprint density at radius 3 is 1.84 bits per heavy atom. The van der Waals surface area contributed by atoms with Crippen molar-refractivity contribution in [2.24, 2.45) is 0 Å². The van der Waals surface area contributed by atoms with Crippen molar-refractivity contribution in [3.8, 4) is 28.7 Å². The number of carbonyl (C=O) groups is 3. The van der Waals surface area contributed by atoms with Crippen LogP contribution in [-0.4, -0.2) is 78.9 Å². The predicted molar refractivity (Wildman–Crippen MR) is 179 cm³/mol. The highest BCUT2D eigenvalue weighted by Crippen LogP contribution is 2.36. The van der Waals surface area contributed by atoms with Crippen molar-refractivity contribution < 1.29 is 69.5 Å². The zero-order chi connectivity index (χ0) is 42.1. The fraction of sp³-hybridized carbons (Fsp3) is 0.212. The molecule has 3 heterocycles. The van der Waals surface area contributed by atoms with Gasteiger partial charge in [-0.15, -0.1) is 0 Å². The highest BCUT2D eigenvalue weighted by Gasteiger charge is 2.39. The molecule has 5 rings (SSSR count). The van der Waals surface area contributed by atoms with E-state index in [-0.39, 0.29) is 11.5 Å². The van der Waals surface area contributed by atoms with Crippen molar-refractivity contribution in [3.63, 3.8) is 0 Å². The first-order valence-electron chi connectivity index (χ1n) is 15.2. The van der Waals surface area contributed by atoms with E-state index in [1.165, 1.54) is 38.6 Å². The summed E-state index contributed by atoms with van der Waals surface area (Å²) in [6.07, 6.45) is -7.18. The van der Waals surface area contributed by atoms with Gasteiger partial charge in [0.2, 0.25) is 5.69 Å². The highest BCUT2D eigenvalue weighted by molar-refractivity contribution is 6.02. The molecule has 0 saturated heterocycles. The SMILES string of the molecule is COc1cc2nccc(Oc3ccc(NC(=O)c4nn(C(C)C)c(=O)n(-c5ccc(F)cc5)c4=O)nc3)c2cc1OC.O=C(O)C(F)(F)F.O=C(O)C(F)(F)F. The van der Waals surface area contributed by atoms with Gasteiger partial charge >= 0.3 is 30.0 Å². The number of benzene rings is 2. The number of carboxylic acid groups (broad SMARTS) is 2. The van der Waals surface area contributed by atoms with E-state index in [4.69, 9.17) is 34.0 Å². The summed E-state index contributed by atoms with van der Waals surface area (Å²) < 4.78 is 95.5. The summed E-state index contributed by atoms with van der Waals surface area (Å²) in [5, 5.41) is 21.5. The van der Waals surface area contributed by atoms with Gasteiger partial charge < -0.3 is 29.7 Å². The number of nitrogens with zero attached hydrogens (tertiary/aromatic N) is 5. The largest absolute Gasteiger partial charge is 0.493 e. The van der Waals surface area contributed by atoms with Crippen LogP contribution in [0.15, 0.2) is 76.6 Å². The number of nitrogens with one attached hydrogen (secondary N) is 1. The van der Waals surface area contributed by atoms with Crippen molar-refractivity contribution in [1.29, 1.82) is 0 Å². The second-order valence-corrected chi connectivity index (χ2v) is 10.9. The molecule has 23 heteroatoms. The number of fused-ring (bicyclic) bond motifs is 1. The minimum Gasteiger partial charge on any atom is -0.493 e. The Morgan fingerprint density at radius 2 is 1.36 bits per heavy atom. The maximum Gasteiger partial charge on any atom is 0.490 e. The van der Waals surface area contributed by atoms with Crippen LogP contribution in [0, 0.1) is 5.82 Å². The van der Waals surface area contributed by atoms with Gasteiger partial charge in [0.25, 0.3) is 11.5 Å². The van der Waals surface area contributed by atoms with Gasteiger partial charge in [-0.1, -0.05) is 0 Å². The van der Waals surface area contributed by atoms with Crippen LogP contribution in [0.1, 0.15) is 30.4 Å². The van der Waals surface area contributed by atoms with E-state index >= 15 is 0 Å². The second-order valence-electron chi connectivity index (χ2n) is 10.9. The molecule has 0 aliphatic rings. The molecule has 56 heavy (non-hydrogen) atoms. The number of aromatic nitrogens is 5. The van der Waals surface area contributed by atoms with Crippen molar-refractivity contribution in [2.75, 3.05) is 19.5 Å². The number of alkyl halides is 6. The number of pyridine rings is 2. The van der Waals surface area contributed by atoms with Crippen LogP contribution in [0.3, 0.4) is 0 Å². The van der Waals surface area contributed by atoms with Gasteiger partial charge in [0.05, 0.1) is 37.7 Å². The van der Waals surface area contributed by atoms with Gasteiger partial charge in [-0.25, -0.2) is 33.0 Å². The van der Waals surface area contributed by atoms with E-state index in [1.54, 1.807) is 44.3 Å². The van der Waals surface area contributed by atoms with Gasteiger partial charge in [0.15, 0.2) is 11.5 Å². The van der Waals surface area contributed by atoms with Gasteiger partial charge in [-0.05, 0) is 62.4 Å². The van der Waals surface area contributed by atoms with Crippen LogP contribution >= 0.6 is 0 Å². The van der Waals surface area contributed by atoms with E-state index < -0.39 is 59.0 Å². The Balaban J connectivity index is 0.000000512. The minimum absolute atomic E-state index is 0.0941. The van der Waals surface area contributed by atoms with E-state index in [2.05, 4.69) is 20.4 Å². The number of methoxy groups -OCH3 is 2. The molecular formula is C33H27F7N6O10. The van der Waals surface area contributed by atoms with E-state index in [1.807, 2.05) is 0 Å². The Hall–Kier alpha value is -7.07. The molecule has 0 fully saturated rings. The standard InChI is InChI=1S/C29H25FN6O6.2C2HF3O2/c1-16(2)36-29(39)35(18-7-5-17(30)6-8-18)28(38)26(34-36)27(37)33-25-10-9-19(15-32-25)42-22-11-12-31-21-14-24(41-4)23(40-3)13-20(21)22;2*3-2(4,5)1(6)7/h5-16H,1-4H3,(H,32,33,37);2*(H,6,7). The number of hydrogen-bond donors (Lipinski definition) is 3. The number of amides is 1. The number of carbonyl (C=O) groups excluding carboxylic acids is 1. The smallest absolute Gasteiger partial charge is 0.490 e. The van der Waals surface area contributed by atoms with Crippen molar-refractivity contribution >= 4 is 34.6 Å². The fourth-order valence-corrected chi connectivity index (χ4v) is 4.14. The summed E-state index contributed by atoms with van der Waals surface area (Å²) in [6.45, 7) is 3.35. The first kappa shape index (κ1) is 43.3. The fourth-order valence-electron chi connectivity index (χ4n) is 4.14. The third kappa shape index (κ3) is 11.0. The second kappa shape index (κ2) is 17.8. The van der Waals surface area contributed by atoms with Crippen LogP contribution in [-0.2, 0) is 9.59 Å². The third-order valence-electron chi connectivity index (χ3n) is 6.69. The van der Waals surface area contributed by atoms with Crippen molar-refractivity contribution in [2.45, 2.75) is 32.2 Å². The lowest BCUT2D eigenvalue weighted by Gasteiger charge is -2.14. The Morgan fingerprint density at radius 1 is 0.804 bits per heavy atom. The first-order valence-corrected chi connectivity index (χ1v) is 15.2. The zero-order valence-electron chi connectivity index (χ0n) is 29.0. The zero-order valence-corrected chi connectivity index (χ0v) is 29.0. The number of anilines is 1. The Bertz CT molecular complexity index is 2300.